The van der Waals surface area contributed by atoms with E-state index < -0.39 is 45.5 Å². The van der Waals surface area contributed by atoms with E-state index in [1.54, 1.807) is 36.0 Å². The summed E-state index contributed by atoms with van der Waals surface area (Å²) >= 11 is 6.28. The summed E-state index contributed by atoms with van der Waals surface area (Å²) in [6.45, 7) is 6.38. The number of carbonyl (C=O) groups is 5. The Morgan fingerprint density at radius 2 is 1.81 bits per heavy atom. The fourth-order valence-corrected chi connectivity index (χ4v) is 7.27. The van der Waals surface area contributed by atoms with E-state index in [1.165, 1.54) is 24.4 Å². The van der Waals surface area contributed by atoms with E-state index in [9.17, 15) is 32.4 Å². The Balaban J connectivity index is 0.986. The highest BCUT2D eigenvalue weighted by molar-refractivity contribution is 7.92. The molecule has 2 atom stereocenters. The normalized spacial score (nSPS) is 15.9. The highest BCUT2D eigenvalue weighted by atomic mass is 35.5. The average Bonchev–Trinajstić information content (AvgIpc) is 3.73. The lowest BCUT2D eigenvalue weighted by atomic mass is 10.0. The van der Waals surface area contributed by atoms with Crippen molar-refractivity contribution >= 4 is 68.5 Å². The largest absolute Gasteiger partial charge is 0.382 e. The number of rotatable bonds is 17. The fourth-order valence-electron chi connectivity index (χ4n) is 6.50. The molecule has 2 aliphatic heterocycles. The zero-order valence-electron chi connectivity index (χ0n) is 32.5. The molecule has 2 aromatic carbocycles. The first-order valence-corrected chi connectivity index (χ1v) is 20.9. The molecular weight excluding hydrogens is 811 g/mol. The number of aromatic nitrogens is 4. The SMILES string of the molecule is CC(C)n1cc(-c2ccnc(NC[C@H](C)NC(=O)CCOCCNc3cccc4c3C(=O)N(C3CCC(=O)NC3=O)C4=O)n2)c(-c2cc(Cl)cc(NS(C)(=O)=O)c2F)n1. The van der Waals surface area contributed by atoms with E-state index in [1.807, 2.05) is 13.8 Å². The lowest BCUT2D eigenvalue weighted by molar-refractivity contribution is -0.136. The number of ether oxygens (including phenoxy) is 1. The minimum atomic E-state index is -3.81. The molecule has 312 valence electrons. The molecule has 0 aliphatic carbocycles. The second-order valence-electron chi connectivity index (χ2n) is 14.2. The molecule has 1 saturated heterocycles. The Morgan fingerprint density at radius 3 is 2.54 bits per heavy atom. The summed E-state index contributed by atoms with van der Waals surface area (Å²) in [7, 11) is -3.81. The van der Waals surface area contributed by atoms with Crippen molar-refractivity contribution < 1.29 is 41.5 Å². The summed E-state index contributed by atoms with van der Waals surface area (Å²) in [4.78, 5) is 72.7. The number of sulfonamides is 1. The number of nitrogens with one attached hydrogen (secondary N) is 5. The van der Waals surface area contributed by atoms with Crippen molar-refractivity contribution in [2.75, 3.05) is 47.9 Å². The van der Waals surface area contributed by atoms with Gasteiger partial charge in [0.1, 0.15) is 11.7 Å². The highest BCUT2D eigenvalue weighted by Crippen LogP contribution is 2.37. The van der Waals surface area contributed by atoms with Gasteiger partial charge in [-0.3, -0.25) is 43.6 Å². The van der Waals surface area contributed by atoms with Gasteiger partial charge in [-0.2, -0.15) is 5.10 Å². The van der Waals surface area contributed by atoms with Crippen LogP contribution in [-0.2, 0) is 29.1 Å². The summed E-state index contributed by atoms with van der Waals surface area (Å²) in [5.41, 5.74) is 1.37. The van der Waals surface area contributed by atoms with Gasteiger partial charge in [0.05, 0.1) is 42.0 Å². The van der Waals surface area contributed by atoms with Gasteiger partial charge in [0, 0.05) is 72.2 Å². The van der Waals surface area contributed by atoms with E-state index >= 15 is 4.39 Å². The van der Waals surface area contributed by atoms with Crippen LogP contribution in [0.4, 0.5) is 21.7 Å². The molecule has 2 aromatic heterocycles. The van der Waals surface area contributed by atoms with Crippen LogP contribution >= 0.6 is 11.6 Å². The summed E-state index contributed by atoms with van der Waals surface area (Å²) in [5.74, 6) is -3.26. The molecule has 0 radical (unpaired) electrons. The predicted molar refractivity (Wildman–Crippen MR) is 216 cm³/mol. The molecule has 6 rings (SSSR count). The van der Waals surface area contributed by atoms with Crippen LogP contribution in [0.5, 0.6) is 0 Å². The molecule has 21 heteroatoms. The molecule has 5 amide bonds. The molecule has 2 aliphatic rings. The van der Waals surface area contributed by atoms with Crippen LogP contribution in [0.3, 0.4) is 0 Å². The van der Waals surface area contributed by atoms with Gasteiger partial charge in [-0.15, -0.1) is 0 Å². The number of carbonyl (C=O) groups excluding carboxylic acids is 5. The Bertz CT molecular complexity index is 2430. The van der Waals surface area contributed by atoms with Gasteiger partial charge in [0.2, 0.25) is 33.7 Å². The van der Waals surface area contributed by atoms with Crippen molar-refractivity contribution in [3.63, 3.8) is 0 Å². The van der Waals surface area contributed by atoms with Crippen LogP contribution in [0.15, 0.2) is 48.8 Å². The first kappa shape index (κ1) is 42.6. The van der Waals surface area contributed by atoms with E-state index in [0.717, 1.165) is 11.2 Å². The quantitative estimate of drug-likeness (QED) is 0.0756. The molecule has 4 aromatic rings. The van der Waals surface area contributed by atoms with Gasteiger partial charge >= 0.3 is 0 Å². The summed E-state index contributed by atoms with van der Waals surface area (Å²) < 4.78 is 48.9. The second-order valence-corrected chi connectivity index (χ2v) is 16.4. The Labute approximate surface area is 343 Å². The van der Waals surface area contributed by atoms with Gasteiger partial charge in [-0.05, 0) is 57.5 Å². The Hall–Kier alpha value is -5.99. The maximum absolute atomic E-state index is 15.7. The number of benzene rings is 2. The number of hydrogen-bond donors (Lipinski definition) is 5. The number of hydrogen-bond acceptors (Lipinski definition) is 13. The van der Waals surface area contributed by atoms with Gasteiger partial charge in [0.15, 0.2) is 5.82 Å². The lowest BCUT2D eigenvalue weighted by Gasteiger charge is -2.27. The lowest BCUT2D eigenvalue weighted by Crippen LogP contribution is -2.54. The third-order valence-electron chi connectivity index (χ3n) is 9.26. The van der Waals surface area contributed by atoms with Crippen molar-refractivity contribution in [1.82, 2.24) is 35.3 Å². The standard InChI is InChI=1S/C38H42ClFN10O8S/c1-20(2)49-19-25(34(47-49)24-16-22(39)17-28(33(24)40)48-59(4,56)57)26-10-12-42-38(45-26)43-18-21(3)44-31(52)11-14-58-15-13-41-27-7-5-6-23-32(27)37(55)50(36(23)54)29-8-9-30(51)46-35(29)53/h5-7,10,12,16-17,19-21,29,41,48H,8-9,11,13-15,18H2,1-4H3,(H,44,52)(H,42,43,45)(H,46,51,53)/t21-,29?/m0/s1. The maximum Gasteiger partial charge on any atom is 0.264 e. The number of anilines is 3. The molecule has 1 unspecified atom stereocenters. The van der Waals surface area contributed by atoms with Gasteiger partial charge in [0.25, 0.3) is 11.8 Å². The zero-order chi connectivity index (χ0) is 42.6. The van der Waals surface area contributed by atoms with Crippen LogP contribution in [-0.4, -0.2) is 107 Å². The van der Waals surface area contributed by atoms with E-state index in [-0.39, 0.29) is 103 Å². The second kappa shape index (κ2) is 17.9. The number of imide groups is 2. The van der Waals surface area contributed by atoms with Crippen molar-refractivity contribution in [1.29, 1.82) is 0 Å². The Kier molecular flexibility index (Phi) is 12.9. The molecule has 18 nitrogen and oxygen atoms in total. The van der Waals surface area contributed by atoms with Crippen LogP contribution in [0.2, 0.25) is 5.02 Å². The van der Waals surface area contributed by atoms with Crippen molar-refractivity contribution in [2.24, 2.45) is 0 Å². The van der Waals surface area contributed by atoms with Crippen LogP contribution in [0.25, 0.3) is 22.5 Å². The van der Waals surface area contributed by atoms with Crippen LogP contribution in [0.1, 0.15) is 66.8 Å². The highest BCUT2D eigenvalue weighted by Gasteiger charge is 2.45. The van der Waals surface area contributed by atoms with Gasteiger partial charge in [-0.25, -0.2) is 22.8 Å². The first-order valence-electron chi connectivity index (χ1n) is 18.6. The molecule has 5 N–H and O–H groups in total. The molecular formula is C38H42ClFN10O8S. The molecule has 0 saturated carbocycles. The number of amides is 5. The minimum Gasteiger partial charge on any atom is -0.382 e. The smallest absolute Gasteiger partial charge is 0.264 e. The maximum atomic E-state index is 15.7. The van der Waals surface area contributed by atoms with Crippen LogP contribution < -0.4 is 26.0 Å². The first-order chi connectivity index (χ1) is 28.0. The molecule has 4 heterocycles. The predicted octanol–water partition coefficient (Wildman–Crippen LogP) is 3.59. The molecule has 0 bridgehead atoms. The fraction of sp³-hybridized carbons (Fsp3) is 0.368. The topological polar surface area (TPSA) is 236 Å². The summed E-state index contributed by atoms with van der Waals surface area (Å²) in [5, 5.41) is 15.9. The van der Waals surface area contributed by atoms with Crippen molar-refractivity contribution in [2.45, 2.75) is 58.2 Å². The van der Waals surface area contributed by atoms with Gasteiger partial charge in [-0.1, -0.05) is 17.7 Å². The minimum absolute atomic E-state index is 0.0227. The third kappa shape index (κ3) is 10.0. The summed E-state index contributed by atoms with van der Waals surface area (Å²) in [6.07, 6.45) is 4.26. The average molecular weight is 853 g/mol. The third-order valence-corrected chi connectivity index (χ3v) is 10.1. The monoisotopic (exact) mass is 852 g/mol. The summed E-state index contributed by atoms with van der Waals surface area (Å²) in [6, 6.07) is 7.40. The zero-order valence-corrected chi connectivity index (χ0v) is 34.0. The Morgan fingerprint density at radius 1 is 1.03 bits per heavy atom. The molecule has 0 spiro atoms. The molecule has 1 fully saturated rings. The number of fused-ring (bicyclic) bond motifs is 1. The number of halogens is 2. The van der Waals surface area contributed by atoms with E-state index in [0.29, 0.717) is 16.9 Å². The van der Waals surface area contributed by atoms with Gasteiger partial charge < -0.3 is 20.7 Å². The number of nitrogens with zero attached hydrogens (tertiary/aromatic N) is 5. The van der Waals surface area contributed by atoms with E-state index in [2.05, 4.69) is 41.1 Å². The number of piperidine rings is 1. The van der Waals surface area contributed by atoms with Crippen LogP contribution in [0, 0.1) is 5.82 Å². The van der Waals surface area contributed by atoms with Crippen molar-refractivity contribution in [3.8, 4) is 22.5 Å². The molecule has 59 heavy (non-hydrogen) atoms. The van der Waals surface area contributed by atoms with E-state index in [4.69, 9.17) is 16.3 Å². The van der Waals surface area contributed by atoms with Crippen molar-refractivity contribution in [3.05, 3.63) is 70.8 Å².